The molecule has 1 amide bonds. The maximum atomic E-state index is 11.7. The molecule has 0 aromatic heterocycles. The highest BCUT2D eigenvalue weighted by molar-refractivity contribution is 5.84. The summed E-state index contributed by atoms with van der Waals surface area (Å²) in [7, 11) is 1.33. The van der Waals surface area contributed by atoms with E-state index in [1.165, 1.54) is 7.11 Å². The van der Waals surface area contributed by atoms with Crippen LogP contribution in [0.1, 0.15) is 26.7 Å². The van der Waals surface area contributed by atoms with Crippen LogP contribution >= 0.6 is 0 Å². The van der Waals surface area contributed by atoms with Crippen molar-refractivity contribution in [3.63, 3.8) is 0 Å². The fourth-order valence-corrected chi connectivity index (χ4v) is 1.60. The monoisotopic (exact) mass is 242 g/mol. The number of carbonyl (C=O) groups excluding carboxylic acids is 1. The number of hydrogen-bond donors (Lipinski definition) is 1. The lowest BCUT2D eigenvalue weighted by Gasteiger charge is -2.26. The summed E-state index contributed by atoms with van der Waals surface area (Å²) in [6.45, 7) is 4.47. The van der Waals surface area contributed by atoms with Crippen molar-refractivity contribution < 1.29 is 19.1 Å². The summed E-state index contributed by atoms with van der Waals surface area (Å²) in [5, 5.41) is 9.09. The van der Waals surface area contributed by atoms with E-state index in [0.29, 0.717) is 26.1 Å². The average molecular weight is 242 g/mol. The Kier molecular flexibility index (Phi) is 4.46. The van der Waals surface area contributed by atoms with Gasteiger partial charge in [-0.05, 0) is 20.3 Å². The Morgan fingerprint density at radius 1 is 1.59 bits per heavy atom. The molecule has 1 aliphatic heterocycles. The second-order valence-electron chi connectivity index (χ2n) is 4.41. The molecule has 0 unspecified atom stereocenters. The summed E-state index contributed by atoms with van der Waals surface area (Å²) in [6, 6.07) is 2.00. The van der Waals surface area contributed by atoms with Crippen LogP contribution in [-0.2, 0) is 19.1 Å². The van der Waals surface area contributed by atoms with Crippen molar-refractivity contribution in [2.24, 2.45) is 5.41 Å². The molecule has 1 N–H and O–H groups in total. The van der Waals surface area contributed by atoms with Crippen LogP contribution in [0.3, 0.4) is 0 Å². The van der Waals surface area contributed by atoms with Gasteiger partial charge in [-0.25, -0.2) is 5.48 Å². The highest BCUT2D eigenvalue weighted by Gasteiger charge is 2.39. The quantitative estimate of drug-likeness (QED) is 0.719. The molecule has 0 radical (unpaired) electrons. The summed E-state index contributed by atoms with van der Waals surface area (Å²) >= 11 is 0. The number of nitriles is 1. The largest absolute Gasteiger partial charge is 0.348 e. The first kappa shape index (κ1) is 13.9. The molecule has 96 valence electrons. The van der Waals surface area contributed by atoms with Crippen molar-refractivity contribution in [3.8, 4) is 6.07 Å². The van der Waals surface area contributed by atoms with Gasteiger partial charge in [0.05, 0.1) is 26.4 Å². The van der Waals surface area contributed by atoms with Gasteiger partial charge in [0, 0.05) is 6.42 Å². The van der Waals surface area contributed by atoms with Gasteiger partial charge in [0.25, 0.3) is 5.91 Å². The first-order valence-electron chi connectivity index (χ1n) is 5.48. The molecular weight excluding hydrogens is 224 g/mol. The van der Waals surface area contributed by atoms with Crippen LogP contribution < -0.4 is 5.48 Å². The highest BCUT2D eigenvalue weighted by Crippen LogP contribution is 2.31. The number of hydroxylamine groups is 1. The van der Waals surface area contributed by atoms with Crippen molar-refractivity contribution in [1.29, 1.82) is 5.26 Å². The fourth-order valence-electron chi connectivity index (χ4n) is 1.60. The minimum atomic E-state index is -1.14. The van der Waals surface area contributed by atoms with Crippen LogP contribution in [0, 0.1) is 16.7 Å². The van der Waals surface area contributed by atoms with Gasteiger partial charge in [-0.1, -0.05) is 0 Å². The molecule has 0 aromatic rings. The Bertz CT molecular complexity index is 320. The predicted octanol–water partition coefficient (Wildman–Crippen LogP) is 0.737. The zero-order valence-electron chi connectivity index (χ0n) is 10.4. The molecule has 0 aromatic carbocycles. The Labute approximate surface area is 101 Å². The first-order valence-corrected chi connectivity index (χ1v) is 5.48. The number of ether oxygens (including phenoxy) is 2. The van der Waals surface area contributed by atoms with Crippen LogP contribution in [0.15, 0.2) is 0 Å². The van der Waals surface area contributed by atoms with E-state index in [1.807, 2.05) is 13.0 Å². The number of rotatable bonds is 5. The second-order valence-corrected chi connectivity index (χ2v) is 4.41. The summed E-state index contributed by atoms with van der Waals surface area (Å²) in [5.41, 5.74) is 1.04. The molecule has 1 fully saturated rings. The fraction of sp³-hybridized carbons (Fsp3) is 0.818. The molecule has 1 atom stereocenters. The van der Waals surface area contributed by atoms with Gasteiger partial charge in [0.1, 0.15) is 5.41 Å². The van der Waals surface area contributed by atoms with E-state index in [2.05, 4.69) is 10.3 Å². The zero-order valence-corrected chi connectivity index (χ0v) is 10.4. The van der Waals surface area contributed by atoms with E-state index in [1.54, 1.807) is 6.92 Å². The summed E-state index contributed by atoms with van der Waals surface area (Å²) < 4.78 is 10.9. The molecule has 0 bridgehead atoms. The van der Waals surface area contributed by atoms with Crippen LogP contribution in [0.4, 0.5) is 0 Å². The Balaban J connectivity index is 2.57. The smallest absolute Gasteiger partial charge is 0.263 e. The Hall–Kier alpha value is -1.16. The molecule has 6 heteroatoms. The average Bonchev–Trinajstić information content (AvgIpc) is 2.74. The minimum Gasteiger partial charge on any atom is -0.348 e. The molecule has 1 rings (SSSR count). The maximum absolute atomic E-state index is 11.7. The summed E-state index contributed by atoms with van der Waals surface area (Å²) in [5.74, 6) is -1.14. The van der Waals surface area contributed by atoms with Crippen molar-refractivity contribution >= 4 is 5.91 Å². The summed E-state index contributed by atoms with van der Waals surface area (Å²) in [6.07, 6.45) is 0.823. The second kappa shape index (κ2) is 5.45. The molecule has 1 aliphatic rings. The van der Waals surface area contributed by atoms with Gasteiger partial charge in [-0.3, -0.25) is 9.63 Å². The van der Waals surface area contributed by atoms with Gasteiger partial charge in [-0.15, -0.1) is 0 Å². The van der Waals surface area contributed by atoms with Gasteiger partial charge in [-0.2, -0.15) is 5.26 Å². The van der Waals surface area contributed by atoms with E-state index < -0.39 is 17.1 Å². The van der Waals surface area contributed by atoms with Crippen molar-refractivity contribution in [1.82, 2.24) is 5.48 Å². The van der Waals surface area contributed by atoms with Crippen molar-refractivity contribution in [2.45, 2.75) is 32.5 Å². The molecule has 0 aliphatic carbocycles. The number of carbonyl (C=O) groups is 1. The van der Waals surface area contributed by atoms with Crippen LogP contribution in [0.25, 0.3) is 0 Å². The van der Waals surface area contributed by atoms with E-state index in [-0.39, 0.29) is 0 Å². The lowest BCUT2D eigenvalue weighted by molar-refractivity contribution is -0.155. The van der Waals surface area contributed by atoms with E-state index in [4.69, 9.17) is 14.7 Å². The van der Waals surface area contributed by atoms with E-state index >= 15 is 0 Å². The third-order valence-electron chi connectivity index (χ3n) is 2.92. The molecule has 1 heterocycles. The van der Waals surface area contributed by atoms with Gasteiger partial charge in [0.2, 0.25) is 0 Å². The van der Waals surface area contributed by atoms with Crippen LogP contribution in [0.5, 0.6) is 0 Å². The summed E-state index contributed by atoms with van der Waals surface area (Å²) in [4.78, 5) is 16.2. The third kappa shape index (κ3) is 3.40. The molecule has 0 saturated carbocycles. The van der Waals surface area contributed by atoms with E-state index in [0.717, 1.165) is 0 Å². The number of amides is 1. The number of hydrogen-bond acceptors (Lipinski definition) is 5. The van der Waals surface area contributed by atoms with Crippen molar-refractivity contribution in [3.05, 3.63) is 0 Å². The Morgan fingerprint density at radius 2 is 2.18 bits per heavy atom. The zero-order chi connectivity index (χ0) is 12.9. The van der Waals surface area contributed by atoms with Crippen LogP contribution in [0.2, 0.25) is 0 Å². The predicted molar refractivity (Wildman–Crippen MR) is 58.4 cm³/mol. The number of nitrogens with one attached hydrogen (secondary N) is 1. The molecule has 17 heavy (non-hydrogen) atoms. The van der Waals surface area contributed by atoms with Crippen LogP contribution in [-0.4, -0.2) is 32.0 Å². The topological polar surface area (TPSA) is 80.6 Å². The SMILES string of the molecule is CONC(=O)[C@@](C)(C#N)CCC1(C)OCCO1. The van der Waals surface area contributed by atoms with Crippen molar-refractivity contribution in [2.75, 3.05) is 20.3 Å². The van der Waals surface area contributed by atoms with Gasteiger partial charge in [0.15, 0.2) is 5.79 Å². The molecule has 1 saturated heterocycles. The highest BCUT2D eigenvalue weighted by atomic mass is 16.7. The molecular formula is C11H18N2O4. The Morgan fingerprint density at radius 3 is 2.65 bits per heavy atom. The maximum Gasteiger partial charge on any atom is 0.263 e. The van der Waals surface area contributed by atoms with Gasteiger partial charge < -0.3 is 9.47 Å². The number of nitrogens with zero attached hydrogens (tertiary/aromatic N) is 1. The lowest BCUT2D eigenvalue weighted by Crippen LogP contribution is -2.39. The van der Waals surface area contributed by atoms with Gasteiger partial charge >= 0.3 is 0 Å². The lowest BCUT2D eigenvalue weighted by atomic mass is 9.85. The third-order valence-corrected chi connectivity index (χ3v) is 2.92. The standard InChI is InChI=1S/C11H18N2O4/c1-10(8-12,9(14)13-15-3)4-5-11(2)16-6-7-17-11/h4-7H2,1-3H3,(H,13,14)/t10-/m1/s1. The normalized spacial score (nSPS) is 21.5. The first-order chi connectivity index (χ1) is 7.96. The molecule has 6 nitrogen and oxygen atoms in total. The minimum absolute atomic E-state index is 0.342. The van der Waals surface area contributed by atoms with E-state index in [9.17, 15) is 4.79 Å². The molecule has 0 spiro atoms.